The SMILES string of the molecule is CC(C)Nc1cncc(CNc2ccc3c(c2)Cc2cccc(C4CN(c5cc[nH]c(=O)c5)CCO4)c2O3)c1. The smallest absolute Gasteiger partial charge is 0.249 e. The number of nitrogens with one attached hydrogen (secondary N) is 3. The topological polar surface area (TPSA) is 91.5 Å². The van der Waals surface area contributed by atoms with Gasteiger partial charge in [0.25, 0.3) is 0 Å². The standard InChI is InChI=1S/C31H33N5O3/c1-20(2)35-25-12-21(16-32-18-25)17-34-24-6-7-28-23(14-24)13-22-4-3-5-27(31(22)39-28)29-19-36(10-11-38-29)26-8-9-33-30(37)15-26/h3-9,12,14-16,18,20,29,34-35H,10-11,13,17,19H2,1-2H3,(H,33,37). The number of aromatic amines is 1. The van der Waals surface area contributed by atoms with Crippen molar-refractivity contribution in [3.8, 4) is 11.5 Å². The summed E-state index contributed by atoms with van der Waals surface area (Å²) in [5.74, 6) is 1.75. The van der Waals surface area contributed by atoms with Gasteiger partial charge in [0.1, 0.15) is 17.6 Å². The Labute approximate surface area is 228 Å². The Kier molecular flexibility index (Phi) is 6.94. The predicted octanol–water partition coefficient (Wildman–Crippen LogP) is 5.48. The zero-order valence-corrected chi connectivity index (χ0v) is 22.2. The van der Waals surface area contributed by atoms with Crippen LogP contribution in [0.25, 0.3) is 0 Å². The second kappa shape index (κ2) is 10.8. The molecule has 4 heterocycles. The Balaban J connectivity index is 1.17. The second-order valence-corrected chi connectivity index (χ2v) is 10.4. The van der Waals surface area contributed by atoms with Gasteiger partial charge in [-0.25, -0.2) is 0 Å². The molecule has 0 bridgehead atoms. The van der Waals surface area contributed by atoms with Crippen LogP contribution < -0.4 is 25.8 Å². The third-order valence-electron chi connectivity index (χ3n) is 7.06. The minimum atomic E-state index is -0.148. The summed E-state index contributed by atoms with van der Waals surface area (Å²) in [6, 6.07) is 18.6. The normalized spacial score (nSPS) is 16.3. The summed E-state index contributed by atoms with van der Waals surface area (Å²) in [7, 11) is 0. The van der Waals surface area contributed by atoms with Crippen molar-refractivity contribution < 1.29 is 9.47 Å². The van der Waals surface area contributed by atoms with Gasteiger partial charge in [0.05, 0.1) is 12.3 Å². The van der Waals surface area contributed by atoms with E-state index in [9.17, 15) is 4.79 Å². The molecule has 2 aromatic heterocycles. The fourth-order valence-corrected chi connectivity index (χ4v) is 5.27. The summed E-state index contributed by atoms with van der Waals surface area (Å²) in [4.78, 5) is 21.1. The number of anilines is 3. The van der Waals surface area contributed by atoms with Crippen LogP contribution in [0, 0.1) is 0 Å². The molecular formula is C31H33N5O3. The number of para-hydroxylation sites is 1. The summed E-state index contributed by atoms with van der Waals surface area (Å²) in [5, 5.41) is 6.93. The van der Waals surface area contributed by atoms with E-state index in [0.29, 0.717) is 25.7 Å². The average molecular weight is 524 g/mol. The number of benzene rings is 2. The van der Waals surface area contributed by atoms with Crippen LogP contribution in [0.15, 0.2) is 78.0 Å². The maximum Gasteiger partial charge on any atom is 0.249 e. The Bertz CT molecular complexity index is 1530. The molecule has 1 fully saturated rings. The van der Waals surface area contributed by atoms with Crippen molar-refractivity contribution >= 4 is 17.1 Å². The lowest BCUT2D eigenvalue weighted by Gasteiger charge is -2.36. The molecule has 39 heavy (non-hydrogen) atoms. The van der Waals surface area contributed by atoms with Gasteiger partial charge in [-0.3, -0.25) is 9.78 Å². The molecule has 0 spiro atoms. The zero-order chi connectivity index (χ0) is 26.8. The second-order valence-electron chi connectivity index (χ2n) is 10.4. The van der Waals surface area contributed by atoms with E-state index in [1.807, 2.05) is 24.5 Å². The lowest BCUT2D eigenvalue weighted by Crippen LogP contribution is -2.39. The lowest BCUT2D eigenvalue weighted by molar-refractivity contribution is 0.0384. The van der Waals surface area contributed by atoms with E-state index < -0.39 is 0 Å². The summed E-state index contributed by atoms with van der Waals surface area (Å²) in [6.07, 6.45) is 6.07. The van der Waals surface area contributed by atoms with Gasteiger partial charge in [0.15, 0.2) is 0 Å². The molecule has 200 valence electrons. The van der Waals surface area contributed by atoms with E-state index in [1.165, 1.54) is 0 Å². The first-order valence-electron chi connectivity index (χ1n) is 13.4. The molecule has 1 unspecified atom stereocenters. The Morgan fingerprint density at radius 2 is 2.00 bits per heavy atom. The monoisotopic (exact) mass is 523 g/mol. The van der Waals surface area contributed by atoms with Crippen LogP contribution >= 0.6 is 0 Å². The van der Waals surface area contributed by atoms with Crippen molar-refractivity contribution in [2.45, 2.75) is 39.0 Å². The molecule has 2 aliphatic rings. The quantitative estimate of drug-likeness (QED) is 0.260. The molecule has 8 heteroatoms. The summed E-state index contributed by atoms with van der Waals surface area (Å²) in [6.45, 7) is 6.89. The van der Waals surface area contributed by atoms with Crippen LogP contribution in [-0.2, 0) is 17.7 Å². The number of nitrogens with zero attached hydrogens (tertiary/aromatic N) is 2. The first-order chi connectivity index (χ1) is 19.0. The van der Waals surface area contributed by atoms with Crippen LogP contribution in [-0.4, -0.2) is 35.7 Å². The maximum atomic E-state index is 11.8. The van der Waals surface area contributed by atoms with Crippen molar-refractivity contribution in [2.24, 2.45) is 0 Å². The number of aromatic nitrogens is 2. The van der Waals surface area contributed by atoms with E-state index in [2.05, 4.69) is 75.7 Å². The first kappa shape index (κ1) is 25.0. The molecule has 0 radical (unpaired) electrons. The molecule has 3 N–H and O–H groups in total. The van der Waals surface area contributed by atoms with Crippen molar-refractivity contribution in [3.63, 3.8) is 0 Å². The van der Waals surface area contributed by atoms with Crippen LogP contribution in [0.1, 0.15) is 42.2 Å². The highest BCUT2D eigenvalue weighted by molar-refractivity contribution is 5.59. The molecule has 1 atom stereocenters. The molecule has 0 amide bonds. The van der Waals surface area contributed by atoms with Gasteiger partial charge in [0.2, 0.25) is 5.56 Å². The van der Waals surface area contributed by atoms with Crippen molar-refractivity contribution in [1.82, 2.24) is 9.97 Å². The van der Waals surface area contributed by atoms with Crippen molar-refractivity contribution in [3.05, 3.63) is 106 Å². The zero-order valence-electron chi connectivity index (χ0n) is 22.2. The highest BCUT2D eigenvalue weighted by Gasteiger charge is 2.28. The average Bonchev–Trinajstić information content (AvgIpc) is 2.94. The number of ether oxygens (including phenoxy) is 2. The van der Waals surface area contributed by atoms with Crippen molar-refractivity contribution in [1.29, 1.82) is 0 Å². The first-order valence-corrected chi connectivity index (χ1v) is 13.4. The van der Waals surface area contributed by atoms with Gasteiger partial charge >= 0.3 is 0 Å². The van der Waals surface area contributed by atoms with Crippen molar-refractivity contribution in [2.75, 3.05) is 35.2 Å². The van der Waals surface area contributed by atoms with Gasteiger partial charge in [-0.2, -0.15) is 0 Å². The Morgan fingerprint density at radius 1 is 1.08 bits per heavy atom. The molecule has 2 aliphatic heterocycles. The molecule has 8 nitrogen and oxygen atoms in total. The third kappa shape index (κ3) is 5.61. The van der Waals surface area contributed by atoms with E-state index in [1.54, 1.807) is 12.3 Å². The number of hydrogen-bond acceptors (Lipinski definition) is 7. The third-order valence-corrected chi connectivity index (χ3v) is 7.06. The number of pyridine rings is 2. The van der Waals surface area contributed by atoms with E-state index in [0.717, 1.165) is 63.8 Å². The maximum absolute atomic E-state index is 11.8. The van der Waals surface area contributed by atoms with Crippen LogP contribution in [0.4, 0.5) is 17.1 Å². The molecule has 0 aliphatic carbocycles. The highest BCUT2D eigenvalue weighted by atomic mass is 16.5. The summed E-state index contributed by atoms with van der Waals surface area (Å²) in [5.41, 5.74) is 7.32. The highest BCUT2D eigenvalue weighted by Crippen LogP contribution is 2.43. The largest absolute Gasteiger partial charge is 0.456 e. The molecule has 1 saturated heterocycles. The summed E-state index contributed by atoms with van der Waals surface area (Å²) >= 11 is 0. The van der Waals surface area contributed by atoms with Crippen LogP contribution in [0.2, 0.25) is 0 Å². The number of H-pyrrole nitrogens is 1. The van der Waals surface area contributed by atoms with E-state index >= 15 is 0 Å². The number of hydrogen-bond donors (Lipinski definition) is 3. The van der Waals surface area contributed by atoms with Gasteiger partial charge in [-0.05, 0) is 55.3 Å². The Morgan fingerprint density at radius 3 is 2.87 bits per heavy atom. The van der Waals surface area contributed by atoms with Gasteiger partial charge in [-0.1, -0.05) is 18.2 Å². The molecule has 0 saturated carbocycles. The Hall–Kier alpha value is -4.30. The molecular weight excluding hydrogens is 490 g/mol. The number of morpholine rings is 1. The van der Waals surface area contributed by atoms with Crippen LogP contribution in [0.5, 0.6) is 11.5 Å². The van der Waals surface area contributed by atoms with E-state index in [-0.39, 0.29) is 11.7 Å². The molecule has 4 aromatic rings. The lowest BCUT2D eigenvalue weighted by atomic mass is 9.95. The number of rotatable bonds is 7. The number of fused-ring (bicyclic) bond motifs is 2. The fraction of sp³-hybridized carbons (Fsp3) is 0.290. The van der Waals surface area contributed by atoms with Gasteiger partial charge < -0.3 is 30.0 Å². The predicted molar refractivity (Wildman–Crippen MR) is 154 cm³/mol. The van der Waals surface area contributed by atoms with Gasteiger partial charge in [0, 0.05) is 79.3 Å². The fourth-order valence-electron chi connectivity index (χ4n) is 5.27. The molecule has 6 rings (SSSR count). The molecule has 2 aromatic carbocycles. The minimum Gasteiger partial charge on any atom is -0.456 e. The summed E-state index contributed by atoms with van der Waals surface area (Å²) < 4.78 is 12.7. The van der Waals surface area contributed by atoms with Crippen LogP contribution in [0.3, 0.4) is 0 Å². The minimum absolute atomic E-state index is 0.102. The van der Waals surface area contributed by atoms with Gasteiger partial charge in [-0.15, -0.1) is 0 Å². The van der Waals surface area contributed by atoms with E-state index in [4.69, 9.17) is 9.47 Å².